The average molecular weight is 304 g/mol. The van der Waals surface area contributed by atoms with Crippen molar-refractivity contribution in [3.05, 3.63) is 29.8 Å². The van der Waals surface area contributed by atoms with Gasteiger partial charge in [-0.15, -0.1) is 0 Å². The summed E-state index contributed by atoms with van der Waals surface area (Å²) in [4.78, 5) is 14.8. The SMILES string of the molecule is CCOc1ccc(C(=O)N[C@@H]2C[C@H]3CO[C@@H](C)CN3C2)cc1. The monoisotopic (exact) mass is 304 g/mol. The second kappa shape index (κ2) is 6.67. The van der Waals surface area contributed by atoms with Gasteiger partial charge in [-0.3, -0.25) is 9.69 Å². The minimum Gasteiger partial charge on any atom is -0.494 e. The number of nitrogens with zero attached hydrogens (tertiary/aromatic N) is 1. The van der Waals surface area contributed by atoms with Crippen molar-refractivity contribution in [2.24, 2.45) is 0 Å². The Morgan fingerprint density at radius 1 is 1.36 bits per heavy atom. The van der Waals surface area contributed by atoms with Crippen LogP contribution in [0.4, 0.5) is 0 Å². The largest absolute Gasteiger partial charge is 0.494 e. The van der Waals surface area contributed by atoms with E-state index in [9.17, 15) is 4.79 Å². The second-order valence-corrected chi connectivity index (χ2v) is 6.12. The van der Waals surface area contributed by atoms with Gasteiger partial charge in [-0.25, -0.2) is 0 Å². The van der Waals surface area contributed by atoms with E-state index in [1.165, 1.54) is 0 Å². The van der Waals surface area contributed by atoms with Gasteiger partial charge in [0, 0.05) is 30.7 Å². The van der Waals surface area contributed by atoms with E-state index in [1.54, 1.807) is 0 Å². The Morgan fingerprint density at radius 3 is 2.86 bits per heavy atom. The maximum atomic E-state index is 12.3. The first-order valence-electron chi connectivity index (χ1n) is 8.05. The molecule has 0 saturated carbocycles. The number of fused-ring (bicyclic) bond motifs is 1. The normalized spacial score (nSPS) is 28.2. The predicted octanol–water partition coefficient (Wildman–Crippen LogP) is 1.68. The summed E-state index contributed by atoms with van der Waals surface area (Å²) >= 11 is 0. The molecule has 2 aliphatic heterocycles. The van der Waals surface area contributed by atoms with Crippen LogP contribution in [0, 0.1) is 0 Å². The zero-order valence-electron chi connectivity index (χ0n) is 13.2. The highest BCUT2D eigenvalue weighted by atomic mass is 16.5. The van der Waals surface area contributed by atoms with Crippen LogP contribution in [0.25, 0.3) is 0 Å². The first kappa shape index (κ1) is 15.3. The molecule has 3 atom stereocenters. The maximum absolute atomic E-state index is 12.3. The minimum absolute atomic E-state index is 0.0122. The molecule has 120 valence electrons. The lowest BCUT2D eigenvalue weighted by Crippen LogP contribution is -2.45. The van der Waals surface area contributed by atoms with Crippen LogP contribution in [-0.4, -0.2) is 55.3 Å². The number of ether oxygens (including phenoxy) is 2. The molecule has 1 aromatic carbocycles. The molecular formula is C17H24N2O3. The summed E-state index contributed by atoms with van der Waals surface area (Å²) in [5.74, 6) is 0.782. The number of benzene rings is 1. The van der Waals surface area contributed by atoms with E-state index in [0.29, 0.717) is 18.2 Å². The number of morpholine rings is 1. The van der Waals surface area contributed by atoms with Crippen molar-refractivity contribution in [3.63, 3.8) is 0 Å². The quantitative estimate of drug-likeness (QED) is 0.919. The molecule has 1 amide bonds. The summed E-state index contributed by atoms with van der Waals surface area (Å²) in [5.41, 5.74) is 0.679. The van der Waals surface area contributed by atoms with Crippen molar-refractivity contribution in [1.82, 2.24) is 10.2 Å². The van der Waals surface area contributed by atoms with Gasteiger partial charge in [-0.2, -0.15) is 0 Å². The number of hydrogen-bond acceptors (Lipinski definition) is 4. The highest BCUT2D eigenvalue weighted by Gasteiger charge is 2.36. The fraction of sp³-hybridized carbons (Fsp3) is 0.588. The molecule has 22 heavy (non-hydrogen) atoms. The van der Waals surface area contributed by atoms with Gasteiger partial charge >= 0.3 is 0 Å². The van der Waals surface area contributed by atoms with E-state index < -0.39 is 0 Å². The van der Waals surface area contributed by atoms with Crippen LogP contribution >= 0.6 is 0 Å². The maximum Gasteiger partial charge on any atom is 0.251 e. The van der Waals surface area contributed by atoms with E-state index in [0.717, 1.165) is 31.9 Å². The number of amides is 1. The smallest absolute Gasteiger partial charge is 0.251 e. The Morgan fingerprint density at radius 2 is 2.14 bits per heavy atom. The van der Waals surface area contributed by atoms with Crippen LogP contribution in [0.2, 0.25) is 0 Å². The fourth-order valence-electron chi connectivity index (χ4n) is 3.28. The van der Waals surface area contributed by atoms with Crippen molar-refractivity contribution in [1.29, 1.82) is 0 Å². The minimum atomic E-state index is -0.0122. The van der Waals surface area contributed by atoms with Gasteiger partial charge in [-0.1, -0.05) is 0 Å². The molecule has 2 fully saturated rings. The van der Waals surface area contributed by atoms with Crippen LogP contribution in [0.3, 0.4) is 0 Å². The van der Waals surface area contributed by atoms with Gasteiger partial charge in [0.1, 0.15) is 5.75 Å². The lowest BCUT2D eigenvalue weighted by Gasteiger charge is -2.33. The van der Waals surface area contributed by atoms with Crippen molar-refractivity contribution >= 4 is 5.91 Å². The van der Waals surface area contributed by atoms with Gasteiger partial charge < -0.3 is 14.8 Å². The van der Waals surface area contributed by atoms with E-state index in [-0.39, 0.29) is 18.1 Å². The molecule has 0 radical (unpaired) electrons. The molecule has 5 heteroatoms. The zero-order chi connectivity index (χ0) is 15.5. The summed E-state index contributed by atoms with van der Waals surface area (Å²) < 4.78 is 11.1. The first-order valence-corrected chi connectivity index (χ1v) is 8.05. The Bertz CT molecular complexity index is 517. The topological polar surface area (TPSA) is 50.8 Å². The Labute approximate surface area is 131 Å². The van der Waals surface area contributed by atoms with E-state index in [2.05, 4.69) is 17.1 Å². The molecular weight excluding hydrogens is 280 g/mol. The van der Waals surface area contributed by atoms with Gasteiger partial charge in [0.2, 0.25) is 0 Å². The Hall–Kier alpha value is -1.59. The van der Waals surface area contributed by atoms with Crippen molar-refractivity contribution in [2.75, 3.05) is 26.3 Å². The lowest BCUT2D eigenvalue weighted by molar-refractivity contribution is -0.0390. The lowest BCUT2D eigenvalue weighted by atomic mass is 10.1. The number of carbonyl (C=O) groups excluding carboxylic acids is 1. The summed E-state index contributed by atoms with van der Waals surface area (Å²) in [6, 6.07) is 7.96. The Balaban J connectivity index is 1.56. The third kappa shape index (κ3) is 3.42. The van der Waals surface area contributed by atoms with Gasteiger partial charge in [-0.05, 0) is 44.5 Å². The number of rotatable bonds is 4. The second-order valence-electron chi connectivity index (χ2n) is 6.12. The molecule has 2 aliphatic rings. The zero-order valence-corrected chi connectivity index (χ0v) is 13.2. The van der Waals surface area contributed by atoms with Gasteiger partial charge in [0.25, 0.3) is 5.91 Å². The molecule has 0 aromatic heterocycles. The van der Waals surface area contributed by atoms with Gasteiger partial charge in [0.15, 0.2) is 0 Å². The first-order chi connectivity index (χ1) is 10.7. The third-order valence-corrected chi connectivity index (χ3v) is 4.36. The fourth-order valence-corrected chi connectivity index (χ4v) is 3.28. The molecule has 0 spiro atoms. The highest BCUT2D eigenvalue weighted by molar-refractivity contribution is 5.94. The molecule has 1 N–H and O–H groups in total. The van der Waals surface area contributed by atoms with Crippen LogP contribution in [-0.2, 0) is 4.74 Å². The number of hydrogen-bond donors (Lipinski definition) is 1. The van der Waals surface area contributed by atoms with Crippen LogP contribution in [0.15, 0.2) is 24.3 Å². The predicted molar refractivity (Wildman–Crippen MR) is 84.3 cm³/mol. The molecule has 5 nitrogen and oxygen atoms in total. The number of nitrogens with one attached hydrogen (secondary N) is 1. The molecule has 2 saturated heterocycles. The Kier molecular flexibility index (Phi) is 4.64. The van der Waals surface area contributed by atoms with Crippen molar-refractivity contribution < 1.29 is 14.3 Å². The summed E-state index contributed by atoms with van der Waals surface area (Å²) in [6.07, 6.45) is 1.26. The van der Waals surface area contributed by atoms with Crippen molar-refractivity contribution in [2.45, 2.75) is 38.5 Å². The van der Waals surface area contributed by atoms with E-state index in [1.807, 2.05) is 31.2 Å². The van der Waals surface area contributed by atoms with E-state index in [4.69, 9.17) is 9.47 Å². The molecule has 1 aromatic rings. The highest BCUT2D eigenvalue weighted by Crippen LogP contribution is 2.23. The summed E-state index contributed by atoms with van der Waals surface area (Å²) in [5, 5.41) is 3.14. The molecule has 2 heterocycles. The molecule has 0 aliphatic carbocycles. The number of carbonyl (C=O) groups is 1. The van der Waals surface area contributed by atoms with Crippen LogP contribution < -0.4 is 10.1 Å². The molecule has 0 unspecified atom stereocenters. The molecule has 0 bridgehead atoms. The van der Waals surface area contributed by atoms with Crippen LogP contribution in [0.1, 0.15) is 30.6 Å². The van der Waals surface area contributed by atoms with Crippen molar-refractivity contribution in [3.8, 4) is 5.75 Å². The third-order valence-electron chi connectivity index (χ3n) is 4.36. The van der Waals surface area contributed by atoms with Gasteiger partial charge in [0.05, 0.1) is 19.3 Å². The van der Waals surface area contributed by atoms with Crippen LogP contribution in [0.5, 0.6) is 5.75 Å². The standard InChI is InChI=1S/C17H24N2O3/c1-3-21-16-6-4-13(5-7-16)17(20)18-14-8-15-11-22-12(2)9-19(15)10-14/h4-7,12,14-15H,3,8-11H2,1-2H3,(H,18,20)/t12-,14+,15-/m0/s1. The molecule has 3 rings (SSSR count). The van der Waals surface area contributed by atoms with E-state index >= 15 is 0 Å². The average Bonchev–Trinajstić information content (AvgIpc) is 2.89. The summed E-state index contributed by atoms with van der Waals surface area (Å²) in [7, 11) is 0. The summed E-state index contributed by atoms with van der Waals surface area (Å²) in [6.45, 7) is 7.32.